The molecule has 0 amide bonds. The molecule has 1 aromatic rings. The van der Waals surface area contributed by atoms with Gasteiger partial charge < -0.3 is 11.1 Å². The van der Waals surface area contributed by atoms with Crippen molar-refractivity contribution >= 4 is 23.0 Å². The van der Waals surface area contributed by atoms with Crippen molar-refractivity contribution in [2.24, 2.45) is 5.73 Å². The largest absolute Gasteiger partial charge is 0.389 e. The van der Waals surface area contributed by atoms with E-state index in [9.17, 15) is 0 Å². The Morgan fingerprint density at radius 2 is 2.26 bits per heavy atom. The van der Waals surface area contributed by atoms with E-state index in [0.29, 0.717) is 11.0 Å². The Labute approximate surface area is 119 Å². The third-order valence-electron chi connectivity index (χ3n) is 4.03. The Morgan fingerprint density at radius 3 is 2.95 bits per heavy atom. The van der Waals surface area contributed by atoms with Crippen molar-refractivity contribution in [2.45, 2.75) is 38.3 Å². The van der Waals surface area contributed by atoms with E-state index in [1.165, 1.54) is 25.8 Å². The van der Waals surface area contributed by atoms with Gasteiger partial charge in [0.2, 0.25) is 0 Å². The highest BCUT2D eigenvalue weighted by Crippen LogP contribution is 2.30. The van der Waals surface area contributed by atoms with Crippen LogP contribution in [0.4, 0.5) is 5.82 Å². The number of nitrogens with two attached hydrogens (primary N) is 1. The lowest BCUT2D eigenvalue weighted by atomic mass is 10.1. The number of aromatic nitrogens is 1. The molecule has 2 aliphatic rings. The molecule has 2 heterocycles. The summed E-state index contributed by atoms with van der Waals surface area (Å²) in [4.78, 5) is 7.41. The van der Waals surface area contributed by atoms with Gasteiger partial charge in [-0.2, -0.15) is 0 Å². The number of anilines is 1. The number of pyridine rings is 1. The van der Waals surface area contributed by atoms with Crippen LogP contribution in [0.5, 0.6) is 0 Å². The number of hydrogen-bond donors (Lipinski definition) is 2. The first kappa shape index (κ1) is 12.8. The van der Waals surface area contributed by atoms with Gasteiger partial charge in [-0.15, -0.1) is 0 Å². The molecule has 1 atom stereocenters. The summed E-state index contributed by atoms with van der Waals surface area (Å²) in [6.07, 6.45) is 5.72. The van der Waals surface area contributed by atoms with E-state index in [1.807, 2.05) is 19.2 Å². The van der Waals surface area contributed by atoms with Crippen molar-refractivity contribution in [2.75, 3.05) is 18.4 Å². The minimum absolute atomic E-state index is 0.421. The van der Waals surface area contributed by atoms with Crippen LogP contribution >= 0.6 is 12.2 Å². The monoisotopic (exact) mass is 276 g/mol. The van der Waals surface area contributed by atoms with Crippen LogP contribution in [0.2, 0.25) is 0 Å². The number of likely N-dealkylation sites (tertiary alicyclic amines) is 1. The predicted molar refractivity (Wildman–Crippen MR) is 81.5 cm³/mol. The number of nitrogens with one attached hydrogen (secondary N) is 1. The molecule has 1 aliphatic carbocycles. The molecule has 19 heavy (non-hydrogen) atoms. The van der Waals surface area contributed by atoms with Crippen molar-refractivity contribution in [1.82, 2.24) is 9.88 Å². The van der Waals surface area contributed by atoms with E-state index in [-0.39, 0.29) is 0 Å². The van der Waals surface area contributed by atoms with Crippen LogP contribution in [0.1, 0.15) is 30.4 Å². The van der Waals surface area contributed by atoms with Gasteiger partial charge >= 0.3 is 0 Å². The molecule has 3 rings (SSSR count). The molecule has 102 valence electrons. The molecule has 1 saturated carbocycles. The van der Waals surface area contributed by atoms with Crippen molar-refractivity contribution in [3.8, 4) is 0 Å². The fourth-order valence-corrected chi connectivity index (χ4v) is 3.11. The highest BCUT2D eigenvalue weighted by atomic mass is 32.1. The average molecular weight is 276 g/mol. The normalized spacial score (nSPS) is 23.5. The number of hydrogen-bond acceptors (Lipinski definition) is 4. The SMILES string of the molecule is Cc1ccnc(NC2CCN(C3CC3)C2)c1C(N)=S. The summed E-state index contributed by atoms with van der Waals surface area (Å²) >= 11 is 5.14. The Morgan fingerprint density at radius 1 is 1.47 bits per heavy atom. The van der Waals surface area contributed by atoms with Crippen molar-refractivity contribution < 1.29 is 0 Å². The van der Waals surface area contributed by atoms with Gasteiger partial charge in [0.15, 0.2) is 0 Å². The van der Waals surface area contributed by atoms with Crippen LogP contribution < -0.4 is 11.1 Å². The Bertz CT molecular complexity index is 498. The van der Waals surface area contributed by atoms with Gasteiger partial charge in [-0.1, -0.05) is 12.2 Å². The van der Waals surface area contributed by atoms with Gasteiger partial charge in [0.05, 0.1) is 5.56 Å². The maximum absolute atomic E-state index is 5.82. The third kappa shape index (κ3) is 2.72. The van der Waals surface area contributed by atoms with E-state index >= 15 is 0 Å². The van der Waals surface area contributed by atoms with Crippen LogP contribution in [-0.4, -0.2) is 40.0 Å². The van der Waals surface area contributed by atoms with Crippen LogP contribution in [0.3, 0.4) is 0 Å². The molecule has 4 nitrogen and oxygen atoms in total. The first-order valence-electron chi connectivity index (χ1n) is 6.91. The maximum Gasteiger partial charge on any atom is 0.136 e. The molecule has 5 heteroatoms. The van der Waals surface area contributed by atoms with Gasteiger partial charge in [0, 0.05) is 31.4 Å². The van der Waals surface area contributed by atoms with Gasteiger partial charge in [0.1, 0.15) is 10.8 Å². The fraction of sp³-hybridized carbons (Fsp3) is 0.571. The molecule has 3 N–H and O–H groups in total. The Kier molecular flexibility index (Phi) is 3.41. The molecule has 1 saturated heterocycles. The van der Waals surface area contributed by atoms with Crippen molar-refractivity contribution in [3.05, 3.63) is 23.4 Å². The van der Waals surface area contributed by atoms with Crippen LogP contribution in [0.25, 0.3) is 0 Å². The summed E-state index contributed by atoms with van der Waals surface area (Å²) in [5, 5.41) is 3.52. The molecule has 1 aliphatic heterocycles. The Balaban J connectivity index is 1.73. The molecule has 1 unspecified atom stereocenters. The lowest BCUT2D eigenvalue weighted by Gasteiger charge is -2.18. The molecule has 1 aromatic heterocycles. The van der Waals surface area contributed by atoms with E-state index in [4.69, 9.17) is 18.0 Å². The van der Waals surface area contributed by atoms with Crippen LogP contribution in [0, 0.1) is 6.92 Å². The van der Waals surface area contributed by atoms with Crippen molar-refractivity contribution in [1.29, 1.82) is 0 Å². The highest BCUT2D eigenvalue weighted by molar-refractivity contribution is 7.80. The third-order valence-corrected chi connectivity index (χ3v) is 4.23. The second-order valence-electron chi connectivity index (χ2n) is 5.57. The second kappa shape index (κ2) is 5.06. The minimum Gasteiger partial charge on any atom is -0.389 e. The number of rotatable bonds is 4. The first-order chi connectivity index (χ1) is 9.15. The van der Waals surface area contributed by atoms with Gasteiger partial charge in [0.25, 0.3) is 0 Å². The Hall–Kier alpha value is -1.20. The molecule has 2 fully saturated rings. The number of thiocarbonyl (C=S) groups is 1. The summed E-state index contributed by atoms with van der Waals surface area (Å²) in [6, 6.07) is 3.25. The number of nitrogens with zero attached hydrogens (tertiary/aromatic N) is 2. The summed E-state index contributed by atoms with van der Waals surface area (Å²) < 4.78 is 0. The lowest BCUT2D eigenvalue weighted by Crippen LogP contribution is -2.29. The lowest BCUT2D eigenvalue weighted by molar-refractivity contribution is 0.326. The van der Waals surface area contributed by atoms with Gasteiger partial charge in [-0.05, 0) is 37.8 Å². The number of aryl methyl sites for hydroxylation is 1. The molecule has 0 radical (unpaired) electrons. The van der Waals surface area contributed by atoms with Crippen LogP contribution in [0.15, 0.2) is 12.3 Å². The highest BCUT2D eigenvalue weighted by Gasteiger charge is 2.34. The van der Waals surface area contributed by atoms with Crippen LogP contribution in [-0.2, 0) is 0 Å². The van der Waals surface area contributed by atoms with E-state index < -0.39 is 0 Å². The zero-order chi connectivity index (χ0) is 13.4. The molecular formula is C14H20N4S. The smallest absolute Gasteiger partial charge is 0.136 e. The van der Waals surface area contributed by atoms with Crippen molar-refractivity contribution in [3.63, 3.8) is 0 Å². The maximum atomic E-state index is 5.82. The summed E-state index contributed by atoms with van der Waals surface area (Å²) in [7, 11) is 0. The topological polar surface area (TPSA) is 54.2 Å². The van der Waals surface area contributed by atoms with E-state index in [0.717, 1.165) is 29.5 Å². The molecule has 0 bridgehead atoms. The standard InChI is InChI=1S/C14H20N4S/c1-9-4-6-16-14(12(9)13(15)19)17-10-5-7-18(8-10)11-2-3-11/h4,6,10-11H,2-3,5,7-8H2,1H3,(H2,15,19)(H,16,17). The van der Waals surface area contributed by atoms with Gasteiger partial charge in [-0.25, -0.2) is 4.98 Å². The molecule has 0 aromatic carbocycles. The predicted octanol–water partition coefficient (Wildman–Crippen LogP) is 1.67. The molecule has 0 spiro atoms. The summed E-state index contributed by atoms with van der Waals surface area (Å²) in [5.41, 5.74) is 7.79. The fourth-order valence-electron chi connectivity index (χ4n) is 2.85. The minimum atomic E-state index is 0.421. The first-order valence-corrected chi connectivity index (χ1v) is 7.32. The summed E-state index contributed by atoms with van der Waals surface area (Å²) in [5.74, 6) is 0.843. The van der Waals surface area contributed by atoms with E-state index in [1.54, 1.807) is 0 Å². The average Bonchev–Trinajstić information content (AvgIpc) is 3.10. The van der Waals surface area contributed by atoms with E-state index in [2.05, 4.69) is 15.2 Å². The quantitative estimate of drug-likeness (QED) is 0.819. The zero-order valence-corrected chi connectivity index (χ0v) is 12.0. The molecular weight excluding hydrogens is 256 g/mol. The summed E-state index contributed by atoms with van der Waals surface area (Å²) in [6.45, 7) is 4.32. The van der Waals surface area contributed by atoms with Gasteiger partial charge in [-0.3, -0.25) is 4.90 Å². The zero-order valence-electron chi connectivity index (χ0n) is 11.2. The second-order valence-corrected chi connectivity index (χ2v) is 6.01.